The molecule has 0 aliphatic carbocycles. The molecule has 0 saturated carbocycles. The summed E-state index contributed by atoms with van der Waals surface area (Å²) in [5.41, 5.74) is 6.67. The maximum atomic E-state index is 12.2. The van der Waals surface area contributed by atoms with E-state index in [9.17, 15) is 4.79 Å². The summed E-state index contributed by atoms with van der Waals surface area (Å²) < 4.78 is 0.991. The fourth-order valence-electron chi connectivity index (χ4n) is 1.86. The average molecular weight is 343 g/mol. The number of nitrogens with one attached hydrogen (secondary N) is 1. The molecule has 0 aromatic heterocycles. The van der Waals surface area contributed by atoms with Gasteiger partial charge < -0.3 is 11.1 Å². The zero-order chi connectivity index (χ0) is 14.4. The van der Waals surface area contributed by atoms with Gasteiger partial charge >= 0.3 is 0 Å². The van der Waals surface area contributed by atoms with Gasteiger partial charge in [0.2, 0.25) is 5.91 Å². The van der Waals surface area contributed by atoms with Gasteiger partial charge in [0.1, 0.15) is 0 Å². The van der Waals surface area contributed by atoms with Crippen molar-refractivity contribution in [3.05, 3.63) is 34.3 Å². The summed E-state index contributed by atoms with van der Waals surface area (Å²) >= 11 is 8.38. The summed E-state index contributed by atoms with van der Waals surface area (Å²) in [5.74, 6) is -0.476. The van der Waals surface area contributed by atoms with Crippen molar-refractivity contribution in [2.24, 2.45) is 11.7 Å². The molecule has 0 bridgehead atoms. The van der Waals surface area contributed by atoms with Crippen LogP contribution >= 0.6 is 28.1 Å². The monoisotopic (exact) mass is 342 g/mol. The molecule has 3 nitrogen and oxygen atoms in total. The molecule has 0 aliphatic heterocycles. The fraction of sp³-hybridized carbons (Fsp3) is 0.429. The summed E-state index contributed by atoms with van der Waals surface area (Å²) in [5, 5.41) is 2.96. The van der Waals surface area contributed by atoms with Gasteiger partial charge in [-0.15, -0.1) is 0 Å². The lowest BCUT2D eigenvalue weighted by atomic mass is 10.0. The van der Waals surface area contributed by atoms with Gasteiger partial charge in [0.05, 0.1) is 16.9 Å². The Morgan fingerprint density at radius 3 is 2.74 bits per heavy atom. The van der Waals surface area contributed by atoms with Crippen LogP contribution in [0.3, 0.4) is 0 Å². The zero-order valence-corrected chi connectivity index (χ0v) is 13.6. The average Bonchev–Trinajstić information content (AvgIpc) is 2.35. The van der Waals surface area contributed by atoms with Gasteiger partial charge in [-0.25, -0.2) is 0 Å². The van der Waals surface area contributed by atoms with Crippen LogP contribution < -0.4 is 11.1 Å². The largest absolute Gasteiger partial charge is 0.393 e. The standard InChI is InChI=1S/C14H19BrN2OS/c1-3-5-12(13(16)19)14(18)17-9(2)10-6-4-7-11(15)8-10/h4,6-9,12H,3,5H2,1-2H3,(H2,16,19)(H,17,18). The number of carbonyl (C=O) groups is 1. The number of rotatable bonds is 6. The molecule has 0 saturated heterocycles. The molecule has 0 radical (unpaired) electrons. The highest BCUT2D eigenvalue weighted by Crippen LogP contribution is 2.18. The highest BCUT2D eigenvalue weighted by Gasteiger charge is 2.22. The molecule has 2 atom stereocenters. The maximum absolute atomic E-state index is 12.2. The van der Waals surface area contributed by atoms with Crippen molar-refractivity contribution in [3.8, 4) is 0 Å². The lowest BCUT2D eigenvalue weighted by Gasteiger charge is -2.19. The molecule has 1 amide bonds. The molecule has 104 valence electrons. The third kappa shape index (κ3) is 4.91. The fourth-order valence-corrected chi connectivity index (χ4v) is 2.51. The summed E-state index contributed by atoms with van der Waals surface area (Å²) in [6, 6.07) is 7.79. The van der Waals surface area contributed by atoms with Gasteiger partial charge in [-0.3, -0.25) is 4.79 Å². The van der Waals surface area contributed by atoms with E-state index in [-0.39, 0.29) is 22.9 Å². The lowest BCUT2D eigenvalue weighted by Crippen LogP contribution is -2.39. The minimum absolute atomic E-state index is 0.0706. The van der Waals surface area contributed by atoms with Crippen molar-refractivity contribution in [2.45, 2.75) is 32.7 Å². The number of nitrogens with two attached hydrogens (primary N) is 1. The normalized spacial score (nSPS) is 13.6. The van der Waals surface area contributed by atoms with E-state index in [0.29, 0.717) is 6.42 Å². The van der Waals surface area contributed by atoms with Crippen LogP contribution in [0, 0.1) is 5.92 Å². The first-order valence-corrected chi connectivity index (χ1v) is 7.51. The second-order valence-corrected chi connectivity index (χ2v) is 5.92. The highest BCUT2D eigenvalue weighted by molar-refractivity contribution is 9.10. The molecule has 0 fully saturated rings. The predicted octanol–water partition coefficient (Wildman–Crippen LogP) is 3.33. The molecule has 19 heavy (non-hydrogen) atoms. The van der Waals surface area contributed by atoms with Gasteiger partial charge in [-0.05, 0) is 31.0 Å². The van der Waals surface area contributed by atoms with E-state index in [4.69, 9.17) is 18.0 Å². The summed E-state index contributed by atoms with van der Waals surface area (Å²) in [4.78, 5) is 12.4. The first-order valence-electron chi connectivity index (χ1n) is 6.30. The molecule has 0 heterocycles. The molecule has 0 spiro atoms. The predicted molar refractivity (Wildman–Crippen MR) is 85.9 cm³/mol. The number of benzene rings is 1. The Morgan fingerprint density at radius 1 is 1.53 bits per heavy atom. The smallest absolute Gasteiger partial charge is 0.230 e. The van der Waals surface area contributed by atoms with E-state index < -0.39 is 0 Å². The summed E-state index contributed by atoms with van der Waals surface area (Å²) in [7, 11) is 0. The number of thiocarbonyl (C=S) groups is 1. The van der Waals surface area contributed by atoms with E-state index in [0.717, 1.165) is 16.5 Å². The third-order valence-electron chi connectivity index (χ3n) is 2.94. The number of carbonyl (C=O) groups excluding carboxylic acids is 1. The highest BCUT2D eigenvalue weighted by atomic mass is 79.9. The van der Waals surface area contributed by atoms with Crippen LogP contribution in [0.2, 0.25) is 0 Å². The van der Waals surface area contributed by atoms with Crippen LogP contribution in [0.25, 0.3) is 0 Å². The second kappa shape index (κ2) is 7.60. The quantitative estimate of drug-likeness (QED) is 0.779. The lowest BCUT2D eigenvalue weighted by molar-refractivity contribution is -0.123. The van der Waals surface area contributed by atoms with Crippen LogP contribution in [0.5, 0.6) is 0 Å². The van der Waals surface area contributed by atoms with Crippen LogP contribution in [0.15, 0.2) is 28.7 Å². The zero-order valence-electron chi connectivity index (χ0n) is 11.2. The third-order valence-corrected chi connectivity index (χ3v) is 3.72. The van der Waals surface area contributed by atoms with E-state index in [1.54, 1.807) is 0 Å². The molecule has 2 unspecified atom stereocenters. The molecular formula is C14H19BrN2OS. The minimum atomic E-state index is -0.380. The van der Waals surface area contributed by atoms with Crippen LogP contribution in [-0.2, 0) is 4.79 Å². The molecule has 1 aromatic carbocycles. The Kier molecular flexibility index (Phi) is 6.45. The van der Waals surface area contributed by atoms with Crippen molar-refractivity contribution in [3.63, 3.8) is 0 Å². The van der Waals surface area contributed by atoms with Crippen LogP contribution in [0.4, 0.5) is 0 Å². The van der Waals surface area contributed by atoms with E-state index in [1.165, 1.54) is 0 Å². The minimum Gasteiger partial charge on any atom is -0.393 e. The Labute approximate surface area is 128 Å². The number of hydrogen-bond donors (Lipinski definition) is 2. The molecule has 1 rings (SSSR count). The molecule has 0 aliphatic rings. The molecule has 5 heteroatoms. The summed E-state index contributed by atoms with van der Waals surface area (Å²) in [6.07, 6.45) is 1.56. The van der Waals surface area contributed by atoms with E-state index >= 15 is 0 Å². The first-order chi connectivity index (χ1) is 8.95. The van der Waals surface area contributed by atoms with Gasteiger partial charge in [0.25, 0.3) is 0 Å². The van der Waals surface area contributed by atoms with Crippen molar-refractivity contribution >= 4 is 39.0 Å². The molecule has 3 N–H and O–H groups in total. The van der Waals surface area contributed by atoms with Crippen molar-refractivity contribution in [1.82, 2.24) is 5.32 Å². The first kappa shape index (κ1) is 16.1. The maximum Gasteiger partial charge on any atom is 0.230 e. The van der Waals surface area contributed by atoms with Gasteiger partial charge in [0.15, 0.2) is 0 Å². The summed E-state index contributed by atoms with van der Waals surface area (Å²) in [6.45, 7) is 3.96. The van der Waals surface area contributed by atoms with E-state index in [2.05, 4.69) is 21.2 Å². The SMILES string of the molecule is CCCC(C(=O)NC(C)c1cccc(Br)c1)C(N)=S. The molecular weight excluding hydrogens is 324 g/mol. The van der Waals surface area contributed by atoms with Crippen LogP contribution in [0.1, 0.15) is 38.3 Å². The van der Waals surface area contributed by atoms with Gasteiger partial charge in [-0.1, -0.05) is 53.6 Å². The van der Waals surface area contributed by atoms with Gasteiger partial charge in [0, 0.05) is 4.47 Å². The number of hydrogen-bond acceptors (Lipinski definition) is 2. The topological polar surface area (TPSA) is 55.1 Å². The Balaban J connectivity index is 2.72. The molecule has 1 aromatic rings. The number of amides is 1. The number of halogens is 1. The van der Waals surface area contributed by atoms with Crippen molar-refractivity contribution < 1.29 is 4.79 Å². The Hall–Kier alpha value is -0.940. The van der Waals surface area contributed by atoms with Crippen molar-refractivity contribution in [2.75, 3.05) is 0 Å². The second-order valence-electron chi connectivity index (χ2n) is 4.53. The Bertz CT molecular complexity index is 465. The Morgan fingerprint density at radius 2 is 2.21 bits per heavy atom. The van der Waals surface area contributed by atoms with Gasteiger partial charge in [-0.2, -0.15) is 0 Å². The van der Waals surface area contributed by atoms with Crippen LogP contribution in [-0.4, -0.2) is 10.9 Å². The van der Waals surface area contributed by atoms with E-state index in [1.807, 2.05) is 38.1 Å². The van der Waals surface area contributed by atoms with Crippen molar-refractivity contribution in [1.29, 1.82) is 0 Å².